The molecule has 1 heterocycles. The van der Waals surface area contributed by atoms with Crippen LogP contribution >= 0.6 is 15.9 Å². The fourth-order valence-electron chi connectivity index (χ4n) is 2.36. The third kappa shape index (κ3) is 3.46. The predicted octanol–water partition coefficient (Wildman–Crippen LogP) is 3.10. The van der Waals surface area contributed by atoms with Gasteiger partial charge in [0.15, 0.2) is 0 Å². The van der Waals surface area contributed by atoms with Gasteiger partial charge >= 0.3 is 0 Å². The summed E-state index contributed by atoms with van der Waals surface area (Å²) in [7, 11) is 3.92. The van der Waals surface area contributed by atoms with Crippen molar-refractivity contribution < 1.29 is 4.74 Å². The Hall–Kier alpha value is -0.580. The highest BCUT2D eigenvalue weighted by Crippen LogP contribution is 2.27. The van der Waals surface area contributed by atoms with E-state index in [1.165, 1.54) is 37.2 Å². The highest BCUT2D eigenvalue weighted by atomic mass is 79.9. The number of hydrogen-bond acceptors (Lipinski definition) is 3. The van der Waals surface area contributed by atoms with Gasteiger partial charge in [-0.15, -0.1) is 0 Å². The van der Waals surface area contributed by atoms with Gasteiger partial charge in [-0.1, -0.05) is 22.0 Å². The quantitative estimate of drug-likeness (QED) is 0.924. The first-order valence-electron chi connectivity index (χ1n) is 6.42. The molecule has 0 spiro atoms. The molecule has 4 heteroatoms. The number of benzene rings is 1. The smallest absolute Gasteiger partial charge is 0.0744 e. The van der Waals surface area contributed by atoms with Crippen molar-refractivity contribution in [3.63, 3.8) is 0 Å². The second-order valence-corrected chi connectivity index (χ2v) is 5.78. The highest BCUT2D eigenvalue weighted by molar-refractivity contribution is 9.10. The van der Waals surface area contributed by atoms with Crippen LogP contribution in [0.3, 0.4) is 0 Å². The lowest BCUT2D eigenvalue weighted by Gasteiger charge is -2.30. The van der Waals surface area contributed by atoms with Crippen LogP contribution < -0.4 is 5.32 Å². The molecule has 1 saturated heterocycles. The number of anilines is 1. The molecule has 2 rings (SSSR count). The number of nitrogens with zero attached hydrogens (tertiary/aromatic N) is 1. The minimum absolute atomic E-state index is 0.575. The molecule has 3 nitrogen and oxygen atoms in total. The lowest BCUT2D eigenvalue weighted by molar-refractivity contribution is 0.184. The Labute approximate surface area is 118 Å². The van der Waals surface area contributed by atoms with Crippen LogP contribution in [0, 0.1) is 0 Å². The molecule has 0 atom stereocenters. The van der Waals surface area contributed by atoms with Gasteiger partial charge in [0.1, 0.15) is 0 Å². The summed E-state index contributed by atoms with van der Waals surface area (Å²) in [6.45, 7) is 2.98. The normalized spacial score (nSPS) is 17.9. The molecule has 1 aliphatic heterocycles. The van der Waals surface area contributed by atoms with E-state index in [0.29, 0.717) is 12.6 Å². The van der Waals surface area contributed by atoms with Gasteiger partial charge in [-0.25, -0.2) is 0 Å². The topological polar surface area (TPSA) is 24.5 Å². The molecule has 0 bridgehead atoms. The van der Waals surface area contributed by atoms with Crippen molar-refractivity contribution in [2.75, 3.05) is 32.6 Å². The van der Waals surface area contributed by atoms with E-state index in [1.807, 2.05) is 0 Å². The molecule has 100 valence electrons. The van der Waals surface area contributed by atoms with Gasteiger partial charge in [-0.3, -0.25) is 0 Å². The number of likely N-dealkylation sites (tertiary alicyclic amines) is 1. The highest BCUT2D eigenvalue weighted by Gasteiger charge is 2.17. The van der Waals surface area contributed by atoms with Crippen LogP contribution in [-0.2, 0) is 11.3 Å². The minimum atomic E-state index is 0.575. The van der Waals surface area contributed by atoms with E-state index in [9.17, 15) is 0 Å². The molecule has 1 aromatic carbocycles. The molecule has 0 aliphatic carbocycles. The predicted molar refractivity (Wildman–Crippen MR) is 79.0 cm³/mol. The van der Waals surface area contributed by atoms with Crippen molar-refractivity contribution >= 4 is 21.6 Å². The molecule has 18 heavy (non-hydrogen) atoms. The summed E-state index contributed by atoms with van der Waals surface area (Å²) in [6.07, 6.45) is 2.41. The zero-order chi connectivity index (χ0) is 13.0. The summed E-state index contributed by atoms with van der Waals surface area (Å²) in [4.78, 5) is 2.38. The van der Waals surface area contributed by atoms with Crippen LogP contribution in [0.1, 0.15) is 18.4 Å². The van der Waals surface area contributed by atoms with Gasteiger partial charge in [0.05, 0.1) is 6.61 Å². The number of rotatable bonds is 4. The zero-order valence-electron chi connectivity index (χ0n) is 11.1. The first-order valence-corrected chi connectivity index (χ1v) is 7.21. The fraction of sp³-hybridized carbons (Fsp3) is 0.571. The van der Waals surface area contributed by atoms with E-state index in [1.54, 1.807) is 7.11 Å². The number of hydrogen-bond donors (Lipinski definition) is 1. The SMILES string of the molecule is COCc1c(Br)cccc1NC1CCN(C)CC1. The maximum absolute atomic E-state index is 5.28. The number of methoxy groups -OCH3 is 1. The Kier molecular flexibility index (Phi) is 5.03. The molecule has 1 aromatic rings. The number of ether oxygens (including phenoxy) is 1. The zero-order valence-corrected chi connectivity index (χ0v) is 12.7. The fourth-order valence-corrected chi connectivity index (χ4v) is 2.84. The molecular formula is C14H21BrN2O. The van der Waals surface area contributed by atoms with Crippen molar-refractivity contribution in [1.29, 1.82) is 0 Å². The van der Waals surface area contributed by atoms with Crippen molar-refractivity contribution in [3.8, 4) is 0 Å². The molecule has 1 aliphatic rings. The monoisotopic (exact) mass is 312 g/mol. The Morgan fingerprint density at radius 1 is 1.39 bits per heavy atom. The molecule has 1 N–H and O–H groups in total. The lowest BCUT2D eigenvalue weighted by atomic mass is 10.0. The van der Waals surface area contributed by atoms with Crippen LogP contribution in [0.5, 0.6) is 0 Å². The van der Waals surface area contributed by atoms with E-state index in [-0.39, 0.29) is 0 Å². The summed E-state index contributed by atoms with van der Waals surface area (Å²) in [6, 6.07) is 6.85. The molecule has 1 fully saturated rings. The summed E-state index contributed by atoms with van der Waals surface area (Å²) < 4.78 is 6.39. The average molecular weight is 313 g/mol. The van der Waals surface area contributed by atoms with Crippen LogP contribution in [0.4, 0.5) is 5.69 Å². The Morgan fingerprint density at radius 3 is 2.78 bits per heavy atom. The van der Waals surface area contributed by atoms with Crippen molar-refractivity contribution in [1.82, 2.24) is 4.90 Å². The van der Waals surface area contributed by atoms with Gasteiger partial charge in [0.2, 0.25) is 0 Å². The first-order chi connectivity index (χ1) is 8.70. The molecule has 0 saturated carbocycles. The Morgan fingerprint density at radius 2 is 2.11 bits per heavy atom. The van der Waals surface area contributed by atoms with Crippen molar-refractivity contribution in [2.45, 2.75) is 25.5 Å². The lowest BCUT2D eigenvalue weighted by Crippen LogP contribution is -2.36. The van der Waals surface area contributed by atoms with Crippen LogP contribution in [0.15, 0.2) is 22.7 Å². The number of halogens is 1. The van der Waals surface area contributed by atoms with E-state index in [4.69, 9.17) is 4.74 Å². The largest absolute Gasteiger partial charge is 0.382 e. The van der Waals surface area contributed by atoms with Gasteiger partial charge < -0.3 is 15.0 Å². The van der Waals surface area contributed by atoms with E-state index in [2.05, 4.69) is 51.4 Å². The first kappa shape index (κ1) is 13.8. The van der Waals surface area contributed by atoms with Crippen LogP contribution in [-0.4, -0.2) is 38.2 Å². The maximum atomic E-state index is 5.28. The summed E-state index contributed by atoms with van der Waals surface area (Å²) in [5, 5.41) is 3.66. The molecule has 0 aromatic heterocycles. The Balaban J connectivity index is 2.06. The third-order valence-corrected chi connectivity index (χ3v) is 4.23. The molecule has 0 unspecified atom stereocenters. The summed E-state index contributed by atoms with van der Waals surface area (Å²) in [5.41, 5.74) is 2.40. The van der Waals surface area contributed by atoms with Gasteiger partial charge in [0, 0.05) is 28.9 Å². The van der Waals surface area contributed by atoms with Crippen molar-refractivity contribution in [2.24, 2.45) is 0 Å². The second kappa shape index (κ2) is 6.55. The number of nitrogens with one attached hydrogen (secondary N) is 1. The third-order valence-electron chi connectivity index (χ3n) is 3.49. The standard InChI is InChI=1S/C14H21BrN2O/c1-17-8-6-11(7-9-17)16-14-5-3-4-13(15)12(14)10-18-2/h3-5,11,16H,6-10H2,1-2H3. The molecular weight excluding hydrogens is 292 g/mol. The van der Waals surface area contributed by atoms with E-state index in [0.717, 1.165) is 4.47 Å². The molecule has 0 amide bonds. The molecule has 0 radical (unpaired) electrons. The van der Waals surface area contributed by atoms with Crippen LogP contribution in [0.25, 0.3) is 0 Å². The van der Waals surface area contributed by atoms with E-state index >= 15 is 0 Å². The van der Waals surface area contributed by atoms with E-state index < -0.39 is 0 Å². The van der Waals surface area contributed by atoms with Crippen LogP contribution in [0.2, 0.25) is 0 Å². The van der Waals surface area contributed by atoms with Gasteiger partial charge in [-0.2, -0.15) is 0 Å². The van der Waals surface area contributed by atoms with Gasteiger partial charge in [-0.05, 0) is 45.1 Å². The minimum Gasteiger partial charge on any atom is -0.382 e. The Bertz CT molecular complexity index is 389. The summed E-state index contributed by atoms with van der Waals surface area (Å²) in [5.74, 6) is 0. The summed E-state index contributed by atoms with van der Waals surface area (Å²) >= 11 is 3.59. The average Bonchev–Trinajstić information content (AvgIpc) is 2.36. The number of piperidine rings is 1. The van der Waals surface area contributed by atoms with Crippen molar-refractivity contribution in [3.05, 3.63) is 28.2 Å². The van der Waals surface area contributed by atoms with Gasteiger partial charge in [0.25, 0.3) is 0 Å². The second-order valence-electron chi connectivity index (χ2n) is 4.92. The maximum Gasteiger partial charge on any atom is 0.0744 e.